The van der Waals surface area contributed by atoms with Gasteiger partial charge in [0, 0.05) is 12.0 Å². The fourth-order valence-corrected chi connectivity index (χ4v) is 5.91. The van der Waals surface area contributed by atoms with E-state index in [1.807, 2.05) is 30.3 Å². The van der Waals surface area contributed by atoms with Crippen molar-refractivity contribution in [1.29, 1.82) is 0 Å². The van der Waals surface area contributed by atoms with Crippen LogP contribution in [0.1, 0.15) is 36.7 Å². The Morgan fingerprint density at radius 1 is 0.960 bits per heavy atom. The minimum Gasteiger partial charge on any atom is -0.406 e. The topological polar surface area (TPSA) is 26.3 Å². The minimum atomic E-state index is -1.94. The zero-order valence-corrected chi connectivity index (χ0v) is 16.3. The lowest BCUT2D eigenvalue weighted by Crippen LogP contribution is -2.43. The molecule has 0 fully saturated rings. The molecule has 2 rings (SSSR count). The van der Waals surface area contributed by atoms with Crippen molar-refractivity contribution < 1.29 is 13.6 Å². The highest BCUT2D eigenvalue weighted by molar-refractivity contribution is 6.73. The molecule has 0 saturated carbocycles. The average molecular weight is 359 g/mol. The predicted octanol–water partition coefficient (Wildman–Crippen LogP) is 5.64. The first kappa shape index (κ1) is 19.5. The van der Waals surface area contributed by atoms with Crippen LogP contribution in [0.4, 0.5) is 4.39 Å². The average Bonchev–Trinajstić information content (AvgIpc) is 2.66. The quantitative estimate of drug-likeness (QED) is 0.428. The van der Waals surface area contributed by atoms with Crippen LogP contribution >= 0.6 is 0 Å². The fourth-order valence-electron chi connectivity index (χ4n) is 3.12. The number of halogens is 1. The van der Waals surface area contributed by atoms with E-state index in [1.165, 1.54) is 12.1 Å². The van der Waals surface area contributed by atoms with Crippen LogP contribution in [0.25, 0.3) is 0 Å². The third kappa shape index (κ3) is 5.09. The van der Waals surface area contributed by atoms with Crippen LogP contribution in [-0.4, -0.2) is 20.2 Å². The molecular formula is C21H27FO2Si. The molecule has 25 heavy (non-hydrogen) atoms. The van der Waals surface area contributed by atoms with E-state index in [9.17, 15) is 9.18 Å². The molecule has 0 bridgehead atoms. The molecule has 2 nitrogen and oxygen atoms in total. The van der Waals surface area contributed by atoms with Crippen LogP contribution in [0.15, 0.2) is 54.6 Å². The van der Waals surface area contributed by atoms with Crippen molar-refractivity contribution in [2.24, 2.45) is 0 Å². The van der Waals surface area contributed by atoms with Gasteiger partial charge in [-0.25, -0.2) is 4.39 Å². The predicted molar refractivity (Wildman–Crippen MR) is 103 cm³/mol. The van der Waals surface area contributed by atoms with Gasteiger partial charge in [-0.1, -0.05) is 51.1 Å². The van der Waals surface area contributed by atoms with E-state index in [0.717, 1.165) is 23.7 Å². The molecule has 0 aliphatic heterocycles. The molecular weight excluding hydrogens is 331 g/mol. The molecule has 0 saturated heterocycles. The maximum absolute atomic E-state index is 13.2. The Hall–Kier alpha value is -1.78. The Bertz CT molecular complexity index is 658. The van der Waals surface area contributed by atoms with Gasteiger partial charge >= 0.3 is 0 Å². The van der Waals surface area contributed by atoms with Crippen LogP contribution in [0.3, 0.4) is 0 Å². The second-order valence-corrected chi connectivity index (χ2v) is 11.1. The summed E-state index contributed by atoms with van der Waals surface area (Å²) in [7, 11) is -1.94. The fraction of sp³-hybridized carbons (Fsp3) is 0.381. The van der Waals surface area contributed by atoms with Gasteiger partial charge in [-0.05, 0) is 48.0 Å². The molecule has 0 radical (unpaired) electrons. The van der Waals surface area contributed by atoms with Crippen molar-refractivity contribution in [3.8, 4) is 0 Å². The molecule has 0 spiro atoms. The number of carbonyl (C=O) groups excluding carboxylic acids is 1. The largest absolute Gasteiger partial charge is 0.406 e. The monoisotopic (exact) mass is 358 g/mol. The third-order valence-corrected chi connectivity index (χ3v) is 9.66. The molecule has 134 valence electrons. The van der Waals surface area contributed by atoms with Crippen molar-refractivity contribution in [2.75, 3.05) is 0 Å². The number of carbonyl (C=O) groups is 1. The maximum atomic E-state index is 13.2. The Labute approximate surface area is 151 Å². The number of benzene rings is 2. The normalized spacial score (nSPS) is 12.8. The molecule has 2 aromatic rings. The van der Waals surface area contributed by atoms with Crippen LogP contribution in [0.5, 0.6) is 0 Å². The standard InChI is InChI=1S/C21H27FO2Si/c1-4-25(5-2,6-3)24-20(16-17-10-8-7-9-11-17)21(23)18-12-14-19(22)15-13-18/h7-15,20H,4-6,16H2,1-3H3. The summed E-state index contributed by atoms with van der Waals surface area (Å²) in [4.78, 5) is 13.1. The van der Waals surface area contributed by atoms with Gasteiger partial charge in [0.05, 0.1) is 0 Å². The molecule has 1 atom stereocenters. The van der Waals surface area contributed by atoms with E-state index < -0.39 is 14.4 Å². The highest BCUT2D eigenvalue weighted by Gasteiger charge is 2.35. The van der Waals surface area contributed by atoms with Gasteiger partial charge < -0.3 is 4.43 Å². The summed E-state index contributed by atoms with van der Waals surface area (Å²) in [6.45, 7) is 6.46. The first-order valence-corrected chi connectivity index (χ1v) is 11.6. The van der Waals surface area contributed by atoms with E-state index in [-0.39, 0.29) is 11.6 Å². The van der Waals surface area contributed by atoms with Crippen molar-refractivity contribution in [3.63, 3.8) is 0 Å². The number of hydrogen-bond donors (Lipinski definition) is 0. The van der Waals surface area contributed by atoms with E-state index in [4.69, 9.17) is 4.43 Å². The summed E-state index contributed by atoms with van der Waals surface area (Å²) < 4.78 is 19.7. The third-order valence-electron chi connectivity index (χ3n) is 5.01. The Morgan fingerprint density at radius 2 is 1.52 bits per heavy atom. The van der Waals surface area contributed by atoms with Crippen molar-refractivity contribution >= 4 is 14.1 Å². The van der Waals surface area contributed by atoms with Crippen LogP contribution in [0.2, 0.25) is 18.1 Å². The molecule has 0 aromatic heterocycles. The van der Waals surface area contributed by atoms with Gasteiger partial charge in [-0.15, -0.1) is 0 Å². The smallest absolute Gasteiger partial charge is 0.193 e. The molecule has 2 aromatic carbocycles. The molecule has 0 aliphatic rings. The highest BCUT2D eigenvalue weighted by atomic mass is 28.4. The molecule has 0 N–H and O–H groups in total. The van der Waals surface area contributed by atoms with E-state index >= 15 is 0 Å². The van der Waals surface area contributed by atoms with Gasteiger partial charge in [0.1, 0.15) is 11.9 Å². The second-order valence-electron chi connectivity index (χ2n) is 6.41. The molecule has 1 unspecified atom stereocenters. The molecule has 0 heterocycles. The van der Waals surface area contributed by atoms with Gasteiger partial charge in [0.25, 0.3) is 0 Å². The SMILES string of the molecule is CC[Si](CC)(CC)OC(Cc1ccccc1)C(=O)c1ccc(F)cc1. The van der Waals surface area contributed by atoms with Crippen molar-refractivity contribution in [1.82, 2.24) is 0 Å². The highest BCUT2D eigenvalue weighted by Crippen LogP contribution is 2.26. The Balaban J connectivity index is 2.30. The Morgan fingerprint density at radius 3 is 2.04 bits per heavy atom. The number of hydrogen-bond acceptors (Lipinski definition) is 2. The second kappa shape index (κ2) is 9.06. The summed E-state index contributed by atoms with van der Waals surface area (Å²) in [5.74, 6) is -0.396. The molecule has 0 aliphatic carbocycles. The van der Waals surface area contributed by atoms with Gasteiger partial charge in [-0.2, -0.15) is 0 Å². The van der Waals surface area contributed by atoms with E-state index in [0.29, 0.717) is 12.0 Å². The van der Waals surface area contributed by atoms with Gasteiger partial charge in [0.15, 0.2) is 14.1 Å². The number of Topliss-reactive ketones (excluding diaryl/α,β-unsaturated/α-hetero) is 1. The molecule has 0 amide bonds. The number of ketones is 1. The summed E-state index contributed by atoms with van der Waals surface area (Å²) in [6.07, 6.45) is 0.0330. The lowest BCUT2D eigenvalue weighted by molar-refractivity contribution is 0.0772. The summed E-state index contributed by atoms with van der Waals surface area (Å²) >= 11 is 0. The number of rotatable bonds is 9. The summed E-state index contributed by atoms with van der Waals surface area (Å²) in [6, 6.07) is 18.7. The maximum Gasteiger partial charge on any atom is 0.193 e. The van der Waals surface area contributed by atoms with Crippen molar-refractivity contribution in [2.45, 2.75) is 51.4 Å². The zero-order chi connectivity index (χ0) is 18.3. The Kier molecular flexibility index (Phi) is 7.08. The summed E-state index contributed by atoms with van der Waals surface area (Å²) in [5, 5.41) is 0. The minimum absolute atomic E-state index is 0.0592. The van der Waals surface area contributed by atoms with E-state index in [1.54, 1.807) is 12.1 Å². The van der Waals surface area contributed by atoms with Crippen LogP contribution < -0.4 is 0 Å². The van der Waals surface area contributed by atoms with Crippen molar-refractivity contribution in [3.05, 3.63) is 71.5 Å². The van der Waals surface area contributed by atoms with E-state index in [2.05, 4.69) is 20.8 Å². The van der Waals surface area contributed by atoms with Crippen LogP contribution in [-0.2, 0) is 10.8 Å². The molecule has 4 heteroatoms. The lowest BCUT2D eigenvalue weighted by atomic mass is 10.00. The van der Waals surface area contributed by atoms with Gasteiger partial charge in [0.2, 0.25) is 0 Å². The first-order chi connectivity index (χ1) is 12.0. The van der Waals surface area contributed by atoms with Crippen LogP contribution in [0, 0.1) is 5.82 Å². The van der Waals surface area contributed by atoms with Gasteiger partial charge in [-0.3, -0.25) is 4.79 Å². The zero-order valence-electron chi connectivity index (χ0n) is 15.3. The first-order valence-electron chi connectivity index (χ1n) is 9.05. The lowest BCUT2D eigenvalue weighted by Gasteiger charge is -2.32. The summed E-state index contributed by atoms with van der Waals surface area (Å²) in [5.41, 5.74) is 1.59.